The molecule has 0 unspecified atom stereocenters. The summed E-state index contributed by atoms with van der Waals surface area (Å²) in [5.41, 5.74) is 13.4. The van der Waals surface area contributed by atoms with Crippen LogP contribution in [0.5, 0.6) is 0 Å². The summed E-state index contributed by atoms with van der Waals surface area (Å²) in [5, 5.41) is 0. The molecule has 0 atom stereocenters. The molecular formula is C28H30FN5. The lowest BCUT2D eigenvalue weighted by molar-refractivity contribution is 0.627. The Morgan fingerprint density at radius 3 is 2.38 bits per heavy atom. The molecule has 0 radical (unpaired) electrons. The van der Waals surface area contributed by atoms with Crippen molar-refractivity contribution < 1.29 is 4.39 Å². The molecule has 0 aliphatic heterocycles. The second-order valence-electron chi connectivity index (χ2n) is 8.60. The van der Waals surface area contributed by atoms with Gasteiger partial charge in [0.1, 0.15) is 23.8 Å². The highest BCUT2D eigenvalue weighted by atomic mass is 19.1. The Morgan fingerprint density at radius 2 is 1.68 bits per heavy atom. The van der Waals surface area contributed by atoms with Crippen molar-refractivity contribution in [1.82, 2.24) is 15.0 Å². The minimum Gasteiger partial charge on any atom is -0.384 e. The second-order valence-corrected chi connectivity index (χ2v) is 8.60. The normalized spacial score (nSPS) is 10.9. The summed E-state index contributed by atoms with van der Waals surface area (Å²) in [6, 6.07) is 16.9. The summed E-state index contributed by atoms with van der Waals surface area (Å²) in [6.45, 7) is 7.90. The molecule has 34 heavy (non-hydrogen) atoms. The van der Waals surface area contributed by atoms with Gasteiger partial charge in [-0.05, 0) is 72.9 Å². The molecule has 0 fully saturated rings. The van der Waals surface area contributed by atoms with Crippen molar-refractivity contribution in [2.24, 2.45) is 0 Å². The first-order valence-corrected chi connectivity index (χ1v) is 11.6. The van der Waals surface area contributed by atoms with E-state index < -0.39 is 0 Å². The standard InChI is InChI=1S/C28H30FN5/c1-4-13-34(17-24-15-22(8-5-19(24)2)23-9-12-27(30)31-16-23)28-26(20(3)32-18-33-28)14-21-6-10-25(29)11-7-21/h5-12,15-16,18H,4,13-14,17H2,1-3H3,(H2,30,31). The van der Waals surface area contributed by atoms with Gasteiger partial charge in [-0.25, -0.2) is 19.3 Å². The summed E-state index contributed by atoms with van der Waals surface area (Å²) < 4.78 is 13.4. The highest BCUT2D eigenvalue weighted by molar-refractivity contribution is 5.65. The maximum absolute atomic E-state index is 13.4. The van der Waals surface area contributed by atoms with Gasteiger partial charge in [0.2, 0.25) is 0 Å². The van der Waals surface area contributed by atoms with E-state index in [2.05, 4.69) is 46.9 Å². The summed E-state index contributed by atoms with van der Waals surface area (Å²) in [7, 11) is 0. The fourth-order valence-corrected chi connectivity index (χ4v) is 4.11. The number of hydrogen-bond acceptors (Lipinski definition) is 5. The van der Waals surface area contributed by atoms with Gasteiger partial charge >= 0.3 is 0 Å². The number of nitrogens with two attached hydrogens (primary N) is 1. The minimum atomic E-state index is -0.232. The number of aryl methyl sites for hydroxylation is 2. The van der Waals surface area contributed by atoms with Crippen LogP contribution in [0.1, 0.15) is 41.3 Å². The van der Waals surface area contributed by atoms with E-state index >= 15 is 0 Å². The van der Waals surface area contributed by atoms with Gasteiger partial charge in [0.25, 0.3) is 0 Å². The topological polar surface area (TPSA) is 67.9 Å². The Bertz CT molecular complexity index is 1250. The fourth-order valence-electron chi connectivity index (χ4n) is 4.11. The Morgan fingerprint density at radius 1 is 0.912 bits per heavy atom. The molecule has 0 aliphatic carbocycles. The minimum absolute atomic E-state index is 0.232. The molecule has 4 aromatic rings. The third-order valence-corrected chi connectivity index (χ3v) is 6.06. The van der Waals surface area contributed by atoms with E-state index in [0.717, 1.165) is 53.3 Å². The van der Waals surface area contributed by atoms with Gasteiger partial charge in [-0.15, -0.1) is 0 Å². The van der Waals surface area contributed by atoms with Crippen LogP contribution in [0, 0.1) is 19.7 Å². The Hall–Kier alpha value is -3.80. The first-order chi connectivity index (χ1) is 16.4. The second kappa shape index (κ2) is 10.4. The SMILES string of the molecule is CCCN(Cc1cc(-c2ccc(N)nc2)ccc1C)c1ncnc(C)c1Cc1ccc(F)cc1. The van der Waals surface area contributed by atoms with Crippen LogP contribution in [-0.2, 0) is 13.0 Å². The zero-order chi connectivity index (χ0) is 24.1. The zero-order valence-electron chi connectivity index (χ0n) is 19.9. The number of nitrogens with zero attached hydrogens (tertiary/aromatic N) is 4. The largest absolute Gasteiger partial charge is 0.384 e. The molecule has 0 saturated heterocycles. The van der Waals surface area contributed by atoms with Gasteiger partial charge in [0, 0.05) is 42.5 Å². The van der Waals surface area contributed by atoms with Gasteiger partial charge in [-0.3, -0.25) is 0 Å². The lowest BCUT2D eigenvalue weighted by Gasteiger charge is -2.27. The molecule has 2 N–H and O–H groups in total. The lowest BCUT2D eigenvalue weighted by atomic mass is 9.99. The van der Waals surface area contributed by atoms with Crippen molar-refractivity contribution >= 4 is 11.6 Å². The first kappa shape index (κ1) is 23.4. The number of nitrogen functional groups attached to an aromatic ring is 1. The van der Waals surface area contributed by atoms with Crippen molar-refractivity contribution in [2.75, 3.05) is 17.2 Å². The van der Waals surface area contributed by atoms with E-state index in [1.165, 1.54) is 23.3 Å². The van der Waals surface area contributed by atoms with Crippen molar-refractivity contribution in [2.45, 2.75) is 40.2 Å². The number of halogens is 1. The fraction of sp³-hybridized carbons (Fsp3) is 0.250. The number of hydrogen-bond donors (Lipinski definition) is 1. The van der Waals surface area contributed by atoms with Crippen LogP contribution in [0.15, 0.2) is 67.1 Å². The third-order valence-electron chi connectivity index (χ3n) is 6.06. The van der Waals surface area contributed by atoms with Crippen molar-refractivity contribution in [3.8, 4) is 11.1 Å². The van der Waals surface area contributed by atoms with Crippen molar-refractivity contribution in [3.63, 3.8) is 0 Å². The predicted molar refractivity (Wildman–Crippen MR) is 136 cm³/mol. The molecule has 2 heterocycles. The van der Waals surface area contributed by atoms with Crippen LogP contribution in [0.4, 0.5) is 16.0 Å². The Labute approximate surface area is 200 Å². The quantitative estimate of drug-likeness (QED) is 0.359. The highest BCUT2D eigenvalue weighted by Gasteiger charge is 2.17. The summed E-state index contributed by atoms with van der Waals surface area (Å²) >= 11 is 0. The van der Waals surface area contributed by atoms with E-state index in [1.54, 1.807) is 6.33 Å². The van der Waals surface area contributed by atoms with E-state index in [1.807, 2.05) is 37.4 Å². The molecule has 5 nitrogen and oxygen atoms in total. The van der Waals surface area contributed by atoms with E-state index in [9.17, 15) is 4.39 Å². The van der Waals surface area contributed by atoms with Gasteiger partial charge in [-0.2, -0.15) is 0 Å². The van der Waals surface area contributed by atoms with Crippen molar-refractivity contribution in [1.29, 1.82) is 0 Å². The zero-order valence-corrected chi connectivity index (χ0v) is 19.9. The molecular weight excluding hydrogens is 425 g/mol. The van der Waals surface area contributed by atoms with Crippen LogP contribution in [0.3, 0.4) is 0 Å². The maximum atomic E-state index is 13.4. The third kappa shape index (κ3) is 5.39. The van der Waals surface area contributed by atoms with Crippen LogP contribution in [-0.4, -0.2) is 21.5 Å². The van der Waals surface area contributed by atoms with E-state index in [0.29, 0.717) is 12.2 Å². The molecule has 2 aromatic heterocycles. The number of aromatic nitrogens is 3. The summed E-state index contributed by atoms with van der Waals surface area (Å²) in [5.74, 6) is 1.21. The number of rotatable bonds is 8. The number of anilines is 2. The van der Waals surface area contributed by atoms with Crippen LogP contribution < -0.4 is 10.6 Å². The number of pyridine rings is 1. The smallest absolute Gasteiger partial charge is 0.136 e. The van der Waals surface area contributed by atoms with E-state index in [-0.39, 0.29) is 5.82 Å². The monoisotopic (exact) mass is 455 g/mol. The van der Waals surface area contributed by atoms with Gasteiger partial charge in [-0.1, -0.05) is 31.2 Å². The molecule has 0 aliphatic rings. The highest BCUT2D eigenvalue weighted by Crippen LogP contribution is 2.28. The number of benzene rings is 2. The summed E-state index contributed by atoms with van der Waals surface area (Å²) in [6.07, 6.45) is 5.07. The molecule has 6 heteroatoms. The Balaban J connectivity index is 1.68. The maximum Gasteiger partial charge on any atom is 0.136 e. The molecule has 174 valence electrons. The lowest BCUT2D eigenvalue weighted by Crippen LogP contribution is -2.27. The van der Waals surface area contributed by atoms with Crippen LogP contribution in [0.25, 0.3) is 11.1 Å². The molecule has 0 amide bonds. The van der Waals surface area contributed by atoms with Crippen LogP contribution >= 0.6 is 0 Å². The van der Waals surface area contributed by atoms with Gasteiger partial charge in [0.15, 0.2) is 0 Å². The molecule has 2 aromatic carbocycles. The summed E-state index contributed by atoms with van der Waals surface area (Å²) in [4.78, 5) is 15.7. The van der Waals surface area contributed by atoms with E-state index in [4.69, 9.17) is 10.7 Å². The molecule has 4 rings (SSSR count). The first-order valence-electron chi connectivity index (χ1n) is 11.6. The van der Waals surface area contributed by atoms with Gasteiger partial charge < -0.3 is 10.6 Å². The van der Waals surface area contributed by atoms with Crippen molar-refractivity contribution in [3.05, 3.63) is 101 Å². The average Bonchev–Trinajstić information content (AvgIpc) is 2.83. The molecule has 0 bridgehead atoms. The predicted octanol–water partition coefficient (Wildman–Crippen LogP) is 5.88. The van der Waals surface area contributed by atoms with Crippen LogP contribution in [0.2, 0.25) is 0 Å². The molecule has 0 spiro atoms. The Kier molecular flexibility index (Phi) is 7.16. The van der Waals surface area contributed by atoms with Gasteiger partial charge in [0.05, 0.1) is 0 Å². The molecule has 0 saturated carbocycles. The average molecular weight is 456 g/mol.